The molecule has 0 radical (unpaired) electrons. The van der Waals surface area contributed by atoms with Gasteiger partial charge in [0, 0.05) is 13.0 Å². The topological polar surface area (TPSA) is 82.8 Å². The molecule has 1 aromatic heterocycles. The Morgan fingerprint density at radius 1 is 1.03 bits per heavy atom. The molecule has 0 amide bonds. The fraction of sp³-hybridized carbons (Fsp3) is 0.150. The van der Waals surface area contributed by atoms with Crippen molar-refractivity contribution in [1.82, 2.24) is 0 Å². The van der Waals surface area contributed by atoms with Gasteiger partial charge in [-0.1, -0.05) is 12.1 Å². The first kappa shape index (κ1) is 20.1. The molecule has 2 aromatic carbocycles. The molecule has 1 heterocycles. The van der Waals surface area contributed by atoms with Crippen LogP contribution < -0.4 is 10.2 Å². The van der Waals surface area contributed by atoms with Gasteiger partial charge < -0.3 is 13.9 Å². The molecule has 0 N–H and O–H groups in total. The lowest BCUT2D eigenvalue weighted by atomic mass is 10.0. The Labute approximate surface area is 161 Å². The van der Waals surface area contributed by atoms with E-state index in [0.29, 0.717) is 0 Å². The zero-order chi connectivity index (χ0) is 21.3. The fourth-order valence-corrected chi connectivity index (χ4v) is 2.76. The second-order valence-corrected chi connectivity index (χ2v) is 5.95. The van der Waals surface area contributed by atoms with E-state index in [4.69, 9.17) is 9.15 Å². The molecule has 3 rings (SSSR count). The molecule has 0 bridgehead atoms. The van der Waals surface area contributed by atoms with Crippen LogP contribution in [0.1, 0.15) is 23.0 Å². The van der Waals surface area contributed by atoms with Gasteiger partial charge in [0.25, 0.3) is 0 Å². The van der Waals surface area contributed by atoms with Gasteiger partial charge in [0.05, 0.1) is 23.6 Å². The molecule has 6 nitrogen and oxygen atoms in total. The summed E-state index contributed by atoms with van der Waals surface area (Å²) in [5.41, 5.74) is -1.96. The number of esters is 2. The van der Waals surface area contributed by atoms with Crippen LogP contribution in [0.2, 0.25) is 0 Å². The molecule has 150 valence electrons. The number of hydrogen-bond donors (Lipinski definition) is 0. The van der Waals surface area contributed by atoms with Crippen molar-refractivity contribution in [2.24, 2.45) is 0 Å². The van der Waals surface area contributed by atoms with Crippen LogP contribution in [0, 0.1) is 0 Å². The van der Waals surface area contributed by atoms with Gasteiger partial charge in [-0.2, -0.15) is 13.2 Å². The number of benzene rings is 2. The Morgan fingerprint density at radius 3 is 2.24 bits per heavy atom. The molecular formula is C20H13F3O6. The molecule has 0 fully saturated rings. The van der Waals surface area contributed by atoms with E-state index in [0.717, 1.165) is 13.0 Å². The number of carbonyl (C=O) groups is 2. The zero-order valence-electron chi connectivity index (χ0n) is 15.1. The quantitative estimate of drug-likeness (QED) is 0.479. The van der Waals surface area contributed by atoms with Crippen LogP contribution in [-0.2, 0) is 15.7 Å². The molecule has 0 atom stereocenters. The molecule has 3 aromatic rings. The molecule has 0 aliphatic heterocycles. The largest absolute Gasteiger partial charge is 0.465 e. The third-order valence-electron chi connectivity index (χ3n) is 3.98. The zero-order valence-corrected chi connectivity index (χ0v) is 15.1. The van der Waals surface area contributed by atoms with E-state index >= 15 is 0 Å². The molecule has 0 saturated heterocycles. The van der Waals surface area contributed by atoms with Gasteiger partial charge in [0.2, 0.25) is 11.2 Å². The highest BCUT2D eigenvalue weighted by Gasteiger charge is 2.39. The number of ether oxygens (including phenoxy) is 2. The van der Waals surface area contributed by atoms with Crippen LogP contribution in [-0.4, -0.2) is 19.0 Å². The van der Waals surface area contributed by atoms with E-state index in [2.05, 4.69) is 4.74 Å². The number of hydrogen-bond acceptors (Lipinski definition) is 6. The van der Waals surface area contributed by atoms with E-state index < -0.39 is 34.9 Å². The second kappa shape index (κ2) is 7.42. The van der Waals surface area contributed by atoms with Gasteiger partial charge in [-0.05, 0) is 29.8 Å². The normalized spacial score (nSPS) is 11.3. The summed E-state index contributed by atoms with van der Waals surface area (Å²) < 4.78 is 55.2. The summed E-state index contributed by atoms with van der Waals surface area (Å²) in [5, 5.41) is -0.124. The summed E-state index contributed by atoms with van der Waals surface area (Å²) in [6, 6.07) is 8.42. The maximum atomic E-state index is 13.6. The smallest absolute Gasteiger partial charge is 0.450 e. The van der Waals surface area contributed by atoms with Crippen molar-refractivity contribution in [3.63, 3.8) is 0 Å². The summed E-state index contributed by atoms with van der Waals surface area (Å²) in [4.78, 5) is 35.4. The lowest BCUT2D eigenvalue weighted by Crippen LogP contribution is -2.16. The number of methoxy groups -OCH3 is 1. The van der Waals surface area contributed by atoms with Crippen molar-refractivity contribution in [2.75, 3.05) is 7.11 Å². The summed E-state index contributed by atoms with van der Waals surface area (Å²) in [5.74, 6) is -2.90. The SMILES string of the molecule is COC(=O)c1ccc(-c2c(C(F)(F)F)oc3cc(OC(C)=O)ccc3c2=O)cc1. The first-order chi connectivity index (χ1) is 13.6. The highest BCUT2D eigenvalue weighted by molar-refractivity contribution is 5.90. The summed E-state index contributed by atoms with van der Waals surface area (Å²) in [7, 11) is 1.17. The van der Waals surface area contributed by atoms with Crippen molar-refractivity contribution in [1.29, 1.82) is 0 Å². The van der Waals surface area contributed by atoms with Crippen LogP contribution in [0.5, 0.6) is 5.75 Å². The molecule has 0 spiro atoms. The van der Waals surface area contributed by atoms with Gasteiger partial charge in [-0.15, -0.1) is 0 Å². The molecule has 9 heteroatoms. The maximum Gasteiger partial charge on any atom is 0.450 e. The first-order valence-corrected chi connectivity index (χ1v) is 8.17. The van der Waals surface area contributed by atoms with E-state index in [1.165, 1.54) is 43.5 Å². The highest BCUT2D eigenvalue weighted by Crippen LogP contribution is 2.37. The van der Waals surface area contributed by atoms with Gasteiger partial charge in [-0.3, -0.25) is 9.59 Å². The molecule has 0 aliphatic rings. The van der Waals surface area contributed by atoms with E-state index in [9.17, 15) is 27.6 Å². The van der Waals surface area contributed by atoms with Gasteiger partial charge in [0.15, 0.2) is 0 Å². The summed E-state index contributed by atoms with van der Waals surface area (Å²) in [6.07, 6.45) is -4.97. The number of carbonyl (C=O) groups excluding carboxylic acids is 2. The van der Waals surface area contributed by atoms with Crippen molar-refractivity contribution in [2.45, 2.75) is 13.1 Å². The average Bonchev–Trinajstić information content (AvgIpc) is 2.66. The molecule has 29 heavy (non-hydrogen) atoms. The predicted molar refractivity (Wildman–Crippen MR) is 95.6 cm³/mol. The fourth-order valence-electron chi connectivity index (χ4n) is 2.76. The first-order valence-electron chi connectivity index (χ1n) is 8.17. The number of alkyl halides is 3. The number of rotatable bonds is 3. The second-order valence-electron chi connectivity index (χ2n) is 5.95. The Bertz CT molecular complexity index is 1160. The van der Waals surface area contributed by atoms with Gasteiger partial charge in [0.1, 0.15) is 11.3 Å². The average molecular weight is 406 g/mol. The molecular weight excluding hydrogens is 393 g/mol. The number of halogens is 3. The van der Waals surface area contributed by atoms with Crippen molar-refractivity contribution in [3.8, 4) is 16.9 Å². The Morgan fingerprint density at radius 2 is 1.69 bits per heavy atom. The minimum absolute atomic E-state index is 0.0588. The van der Waals surface area contributed by atoms with Crippen LogP contribution in [0.4, 0.5) is 13.2 Å². The minimum Gasteiger partial charge on any atom is -0.465 e. The standard InChI is InChI=1S/C20H13F3O6/c1-10(24)28-13-7-8-14-15(9-13)29-18(20(21,22)23)16(17(14)25)11-3-5-12(6-4-11)19(26)27-2/h3-9H,1-2H3. The van der Waals surface area contributed by atoms with Crippen molar-refractivity contribution in [3.05, 3.63) is 64.0 Å². The molecule has 0 aliphatic carbocycles. The lowest BCUT2D eigenvalue weighted by Gasteiger charge is -2.13. The Kier molecular flexibility index (Phi) is 5.15. The monoisotopic (exact) mass is 406 g/mol. The van der Waals surface area contributed by atoms with Crippen LogP contribution in [0.15, 0.2) is 51.7 Å². The van der Waals surface area contributed by atoms with Gasteiger partial charge >= 0.3 is 18.1 Å². The third kappa shape index (κ3) is 3.98. The third-order valence-corrected chi connectivity index (χ3v) is 3.98. The van der Waals surface area contributed by atoms with Crippen molar-refractivity contribution < 1.29 is 36.7 Å². The van der Waals surface area contributed by atoms with Crippen molar-refractivity contribution >= 4 is 22.9 Å². The van der Waals surface area contributed by atoms with Crippen LogP contribution in [0.25, 0.3) is 22.1 Å². The summed E-state index contributed by atoms with van der Waals surface area (Å²) in [6.45, 7) is 1.13. The lowest BCUT2D eigenvalue weighted by molar-refractivity contribution is -0.152. The van der Waals surface area contributed by atoms with Gasteiger partial charge in [-0.25, -0.2) is 4.79 Å². The Hall–Kier alpha value is -3.62. The van der Waals surface area contributed by atoms with E-state index in [1.54, 1.807) is 0 Å². The minimum atomic E-state index is -4.97. The number of fused-ring (bicyclic) bond motifs is 1. The molecule has 0 saturated carbocycles. The van der Waals surface area contributed by atoms with E-state index in [-0.39, 0.29) is 27.8 Å². The maximum absolute atomic E-state index is 13.6. The highest BCUT2D eigenvalue weighted by atomic mass is 19.4. The van der Waals surface area contributed by atoms with Crippen LogP contribution >= 0.6 is 0 Å². The van der Waals surface area contributed by atoms with E-state index in [1.807, 2.05) is 0 Å². The summed E-state index contributed by atoms with van der Waals surface area (Å²) >= 11 is 0. The molecule has 0 unspecified atom stereocenters. The Balaban J connectivity index is 2.25. The predicted octanol–water partition coefficient (Wildman–Crippen LogP) is 4.19. The van der Waals surface area contributed by atoms with Crippen LogP contribution in [0.3, 0.4) is 0 Å².